The van der Waals surface area contributed by atoms with Crippen LogP contribution in [0.2, 0.25) is 0 Å². The van der Waals surface area contributed by atoms with Crippen molar-refractivity contribution in [3.8, 4) is 0 Å². The van der Waals surface area contributed by atoms with E-state index in [1.807, 2.05) is 18.7 Å². The molecule has 0 aromatic carbocycles. The lowest BCUT2D eigenvalue weighted by atomic mass is 9.97. The third-order valence-corrected chi connectivity index (χ3v) is 4.09. The molecule has 1 atom stereocenters. The van der Waals surface area contributed by atoms with E-state index in [4.69, 9.17) is 10.8 Å². The summed E-state index contributed by atoms with van der Waals surface area (Å²) >= 11 is 1.60. The van der Waals surface area contributed by atoms with Crippen molar-refractivity contribution < 1.29 is 14.7 Å². The Kier molecular flexibility index (Phi) is 8.84. The smallest absolute Gasteiger partial charge is 0.323 e. The number of carboxylic acid groups (broad SMARTS) is 1. The van der Waals surface area contributed by atoms with Crippen molar-refractivity contribution in [2.24, 2.45) is 5.73 Å². The van der Waals surface area contributed by atoms with Crippen molar-refractivity contribution in [2.75, 3.05) is 24.6 Å². The van der Waals surface area contributed by atoms with Crippen molar-refractivity contribution >= 4 is 23.6 Å². The molecule has 0 aliphatic rings. The third kappa shape index (κ3) is 7.42. The first kappa shape index (κ1) is 18.2. The fraction of sp³-hybridized carbons (Fsp3) is 0.846. The number of nitrogens with two attached hydrogens (primary N) is 1. The molecule has 0 bridgehead atoms. The van der Waals surface area contributed by atoms with Crippen LogP contribution >= 0.6 is 11.8 Å². The van der Waals surface area contributed by atoms with Crippen LogP contribution in [0.25, 0.3) is 0 Å². The van der Waals surface area contributed by atoms with E-state index < -0.39 is 11.5 Å². The maximum atomic E-state index is 11.7. The summed E-state index contributed by atoms with van der Waals surface area (Å²) in [6.45, 7) is 6.98. The third-order valence-electron chi connectivity index (χ3n) is 3.07. The van der Waals surface area contributed by atoms with Crippen molar-refractivity contribution in [3.05, 3.63) is 0 Å². The Morgan fingerprint density at radius 3 is 2.32 bits per heavy atom. The molecule has 0 aromatic rings. The number of amides is 1. The summed E-state index contributed by atoms with van der Waals surface area (Å²) in [6.07, 6.45) is 2.12. The second-order valence-electron chi connectivity index (χ2n) is 4.80. The SMILES string of the molecule is CCN(CC)C(=O)CSCCCCC(C)(N)C(=O)O. The highest BCUT2D eigenvalue weighted by Crippen LogP contribution is 2.13. The summed E-state index contributed by atoms with van der Waals surface area (Å²) in [4.78, 5) is 24.3. The van der Waals surface area contributed by atoms with E-state index in [0.29, 0.717) is 12.2 Å². The monoisotopic (exact) mass is 290 g/mol. The van der Waals surface area contributed by atoms with Crippen LogP contribution in [0, 0.1) is 0 Å². The summed E-state index contributed by atoms with van der Waals surface area (Å²) < 4.78 is 0. The summed E-state index contributed by atoms with van der Waals surface area (Å²) in [5.74, 6) is 0.574. The van der Waals surface area contributed by atoms with Gasteiger partial charge in [0.2, 0.25) is 5.91 Å². The number of carboxylic acids is 1. The molecule has 0 fully saturated rings. The molecular weight excluding hydrogens is 264 g/mol. The van der Waals surface area contributed by atoms with Crippen LogP contribution in [0.15, 0.2) is 0 Å². The highest BCUT2D eigenvalue weighted by Gasteiger charge is 2.26. The number of aliphatic carboxylic acids is 1. The van der Waals surface area contributed by atoms with E-state index in [2.05, 4.69) is 0 Å². The number of hydrogen-bond acceptors (Lipinski definition) is 4. The van der Waals surface area contributed by atoms with Crippen LogP contribution in [0.1, 0.15) is 40.0 Å². The molecular formula is C13H26N2O3S. The maximum absolute atomic E-state index is 11.7. The molecule has 0 aliphatic carbocycles. The zero-order valence-electron chi connectivity index (χ0n) is 12.1. The molecule has 3 N–H and O–H groups in total. The van der Waals surface area contributed by atoms with Crippen molar-refractivity contribution in [1.82, 2.24) is 4.90 Å². The molecule has 0 saturated heterocycles. The summed E-state index contributed by atoms with van der Waals surface area (Å²) in [6, 6.07) is 0. The molecule has 0 aromatic heterocycles. The number of nitrogens with zero attached hydrogens (tertiary/aromatic N) is 1. The fourth-order valence-electron chi connectivity index (χ4n) is 1.63. The first-order valence-corrected chi connectivity index (χ1v) is 7.88. The Morgan fingerprint density at radius 1 is 1.26 bits per heavy atom. The van der Waals surface area contributed by atoms with Gasteiger partial charge in [0.1, 0.15) is 5.54 Å². The van der Waals surface area contributed by atoms with Crippen LogP contribution in [0.3, 0.4) is 0 Å². The molecule has 0 spiro atoms. The number of thioether (sulfide) groups is 1. The van der Waals surface area contributed by atoms with Gasteiger partial charge in [-0.25, -0.2) is 0 Å². The Balaban J connectivity index is 3.66. The van der Waals surface area contributed by atoms with Crippen LogP contribution in [0.4, 0.5) is 0 Å². The molecule has 112 valence electrons. The normalized spacial score (nSPS) is 13.9. The van der Waals surface area contributed by atoms with Gasteiger partial charge in [0.25, 0.3) is 0 Å². The average Bonchev–Trinajstić information content (AvgIpc) is 2.34. The lowest BCUT2D eigenvalue weighted by Crippen LogP contribution is -2.44. The predicted molar refractivity (Wildman–Crippen MR) is 79.3 cm³/mol. The van der Waals surface area contributed by atoms with Gasteiger partial charge in [-0.05, 0) is 39.4 Å². The minimum Gasteiger partial charge on any atom is -0.480 e. The fourth-order valence-corrected chi connectivity index (χ4v) is 2.54. The molecule has 1 unspecified atom stereocenters. The molecule has 0 radical (unpaired) electrons. The first-order chi connectivity index (χ1) is 8.85. The standard InChI is InChI=1S/C13H26N2O3S/c1-4-15(5-2)11(16)10-19-9-7-6-8-13(3,14)12(17)18/h4-10,14H2,1-3H3,(H,17,18). The molecule has 0 aliphatic heterocycles. The number of carbonyl (C=O) groups is 2. The van der Waals surface area contributed by atoms with Crippen LogP contribution in [-0.2, 0) is 9.59 Å². The van der Waals surface area contributed by atoms with Gasteiger partial charge in [0.05, 0.1) is 5.75 Å². The Morgan fingerprint density at radius 2 is 1.84 bits per heavy atom. The molecule has 19 heavy (non-hydrogen) atoms. The highest BCUT2D eigenvalue weighted by molar-refractivity contribution is 7.99. The van der Waals surface area contributed by atoms with Gasteiger partial charge >= 0.3 is 5.97 Å². The molecule has 0 rings (SSSR count). The largest absolute Gasteiger partial charge is 0.480 e. The summed E-state index contributed by atoms with van der Waals surface area (Å²) in [5.41, 5.74) is 4.49. The van der Waals surface area contributed by atoms with Crippen LogP contribution in [-0.4, -0.2) is 52.0 Å². The molecule has 1 amide bonds. The van der Waals surface area contributed by atoms with Gasteiger partial charge in [-0.3, -0.25) is 9.59 Å². The highest BCUT2D eigenvalue weighted by atomic mass is 32.2. The van der Waals surface area contributed by atoms with E-state index in [-0.39, 0.29) is 5.91 Å². The van der Waals surface area contributed by atoms with Gasteiger partial charge in [-0.1, -0.05) is 6.42 Å². The van der Waals surface area contributed by atoms with Gasteiger partial charge < -0.3 is 15.7 Å². The molecule has 0 heterocycles. The van der Waals surface area contributed by atoms with Crippen LogP contribution < -0.4 is 5.73 Å². The average molecular weight is 290 g/mol. The van der Waals surface area contributed by atoms with E-state index in [9.17, 15) is 9.59 Å². The second kappa shape index (κ2) is 9.20. The van der Waals surface area contributed by atoms with E-state index >= 15 is 0 Å². The van der Waals surface area contributed by atoms with Gasteiger partial charge in [0.15, 0.2) is 0 Å². The lowest BCUT2D eigenvalue weighted by molar-refractivity contribution is -0.143. The maximum Gasteiger partial charge on any atom is 0.323 e. The molecule has 6 heteroatoms. The molecule has 0 saturated carbocycles. The number of carbonyl (C=O) groups excluding carboxylic acids is 1. The van der Waals surface area contributed by atoms with Gasteiger partial charge in [-0.2, -0.15) is 11.8 Å². The quantitative estimate of drug-likeness (QED) is 0.597. The Bertz CT molecular complexity index is 292. The molecule has 5 nitrogen and oxygen atoms in total. The van der Waals surface area contributed by atoms with E-state index in [1.165, 1.54) is 6.92 Å². The van der Waals surface area contributed by atoms with Gasteiger partial charge in [-0.15, -0.1) is 0 Å². The zero-order valence-corrected chi connectivity index (χ0v) is 13.0. The van der Waals surface area contributed by atoms with Crippen molar-refractivity contribution in [1.29, 1.82) is 0 Å². The Hall–Kier alpha value is -0.750. The summed E-state index contributed by atoms with van der Waals surface area (Å²) in [7, 11) is 0. The second-order valence-corrected chi connectivity index (χ2v) is 5.90. The number of rotatable bonds is 10. The minimum atomic E-state index is -1.14. The van der Waals surface area contributed by atoms with Gasteiger partial charge in [0, 0.05) is 13.1 Å². The van der Waals surface area contributed by atoms with E-state index in [1.54, 1.807) is 11.8 Å². The first-order valence-electron chi connectivity index (χ1n) is 6.73. The minimum absolute atomic E-state index is 0.171. The number of unbranched alkanes of at least 4 members (excludes halogenated alkanes) is 1. The topological polar surface area (TPSA) is 83.6 Å². The van der Waals surface area contributed by atoms with Crippen molar-refractivity contribution in [3.63, 3.8) is 0 Å². The zero-order chi connectivity index (χ0) is 14.9. The van der Waals surface area contributed by atoms with Crippen LogP contribution in [0.5, 0.6) is 0 Å². The lowest BCUT2D eigenvalue weighted by Gasteiger charge is -2.19. The van der Waals surface area contributed by atoms with E-state index in [0.717, 1.165) is 31.7 Å². The Labute approximate surface area is 119 Å². The predicted octanol–water partition coefficient (Wildman–Crippen LogP) is 1.56. The summed E-state index contributed by atoms with van der Waals surface area (Å²) in [5, 5.41) is 8.85. The van der Waals surface area contributed by atoms with Crippen molar-refractivity contribution in [2.45, 2.75) is 45.6 Å². The number of hydrogen-bond donors (Lipinski definition) is 2.